The first kappa shape index (κ1) is 16.0. The molecule has 0 radical (unpaired) electrons. The molecule has 1 atom stereocenters. The molecule has 1 N–H and O–H groups in total. The van der Waals surface area contributed by atoms with Crippen molar-refractivity contribution in [3.63, 3.8) is 0 Å². The number of methoxy groups -OCH3 is 2. The number of ether oxygens (including phenoxy) is 2. The fraction of sp³-hybridized carbons (Fsp3) is 0.278. The smallest absolute Gasteiger partial charge is 0.314 e. The Kier molecular flexibility index (Phi) is 5.98. The summed E-state index contributed by atoms with van der Waals surface area (Å²) in [5, 5.41) is 3.31. The average molecular weight is 299 g/mol. The van der Waals surface area contributed by atoms with Crippen LogP contribution in [-0.4, -0.2) is 26.7 Å². The van der Waals surface area contributed by atoms with Crippen molar-refractivity contribution in [2.75, 3.05) is 20.8 Å². The topological polar surface area (TPSA) is 47.6 Å². The lowest BCUT2D eigenvalue weighted by atomic mass is 9.99. The molecule has 2 aromatic rings. The molecule has 0 saturated carbocycles. The quantitative estimate of drug-likeness (QED) is 0.799. The molecule has 0 amide bonds. The van der Waals surface area contributed by atoms with Crippen LogP contribution in [0.3, 0.4) is 0 Å². The molecule has 0 spiro atoms. The molecule has 0 heterocycles. The molecular formula is C18H21NO3. The van der Waals surface area contributed by atoms with Crippen LogP contribution in [0.25, 0.3) is 0 Å². The number of nitrogens with one attached hydrogen (secondary N) is 1. The van der Waals surface area contributed by atoms with E-state index in [0.717, 1.165) is 11.3 Å². The highest BCUT2D eigenvalue weighted by atomic mass is 16.5. The van der Waals surface area contributed by atoms with Crippen molar-refractivity contribution in [3.8, 4) is 5.75 Å². The summed E-state index contributed by atoms with van der Waals surface area (Å²) in [5.41, 5.74) is 2.09. The van der Waals surface area contributed by atoms with Crippen molar-refractivity contribution in [1.82, 2.24) is 5.32 Å². The molecular weight excluding hydrogens is 278 g/mol. The van der Waals surface area contributed by atoms with Crippen molar-refractivity contribution in [2.45, 2.75) is 12.5 Å². The summed E-state index contributed by atoms with van der Waals surface area (Å²) >= 11 is 0. The van der Waals surface area contributed by atoms with Gasteiger partial charge in [0.1, 0.15) is 5.75 Å². The molecule has 0 unspecified atom stereocenters. The van der Waals surface area contributed by atoms with E-state index in [1.54, 1.807) is 7.11 Å². The van der Waals surface area contributed by atoms with E-state index >= 15 is 0 Å². The van der Waals surface area contributed by atoms with Crippen molar-refractivity contribution in [3.05, 3.63) is 65.7 Å². The Morgan fingerprint density at radius 2 is 1.73 bits per heavy atom. The second kappa shape index (κ2) is 8.20. The Labute approximate surface area is 131 Å². The highest BCUT2D eigenvalue weighted by molar-refractivity contribution is 5.78. The van der Waals surface area contributed by atoms with Gasteiger partial charge in [0.25, 0.3) is 0 Å². The van der Waals surface area contributed by atoms with E-state index in [2.05, 4.69) is 5.32 Å². The molecule has 0 bridgehead atoms. The Hall–Kier alpha value is -2.33. The van der Waals surface area contributed by atoms with Crippen LogP contribution in [0.1, 0.15) is 17.0 Å². The van der Waals surface area contributed by atoms with Gasteiger partial charge in [0, 0.05) is 13.1 Å². The number of hydrogen-bond donors (Lipinski definition) is 1. The predicted octanol–water partition coefficient (Wildman–Crippen LogP) is 2.74. The molecule has 0 saturated heterocycles. The van der Waals surface area contributed by atoms with Gasteiger partial charge in [-0.1, -0.05) is 42.5 Å². The molecule has 0 aliphatic carbocycles. The van der Waals surface area contributed by atoms with Gasteiger partial charge in [-0.25, -0.2) is 0 Å². The molecule has 0 aliphatic heterocycles. The number of carbonyl (C=O) groups is 1. The lowest BCUT2D eigenvalue weighted by Crippen LogP contribution is -2.27. The summed E-state index contributed by atoms with van der Waals surface area (Å²) in [6, 6.07) is 17.6. The van der Waals surface area contributed by atoms with E-state index in [0.29, 0.717) is 13.1 Å². The predicted molar refractivity (Wildman–Crippen MR) is 85.9 cm³/mol. The fourth-order valence-electron chi connectivity index (χ4n) is 2.27. The first-order valence-corrected chi connectivity index (χ1v) is 7.21. The van der Waals surface area contributed by atoms with E-state index in [-0.39, 0.29) is 11.9 Å². The molecule has 0 fully saturated rings. The van der Waals surface area contributed by atoms with E-state index < -0.39 is 0 Å². The third-order valence-corrected chi connectivity index (χ3v) is 3.52. The standard InChI is InChI=1S/C18H21NO3/c1-21-16-10-8-15(9-11-16)17(18(20)22-2)13-19-12-14-6-4-3-5-7-14/h3-11,17,19H,12-13H2,1-2H3/t17-/m1/s1. The summed E-state index contributed by atoms with van der Waals surface area (Å²) in [7, 11) is 3.03. The van der Waals surface area contributed by atoms with Gasteiger partial charge in [-0.2, -0.15) is 0 Å². The average Bonchev–Trinajstić information content (AvgIpc) is 2.59. The lowest BCUT2D eigenvalue weighted by molar-refractivity contribution is -0.142. The van der Waals surface area contributed by atoms with Gasteiger partial charge in [0.2, 0.25) is 0 Å². The second-order valence-corrected chi connectivity index (χ2v) is 4.97. The SMILES string of the molecule is COC(=O)[C@H](CNCc1ccccc1)c1ccc(OC)cc1. The van der Waals surface area contributed by atoms with Gasteiger partial charge in [-0.3, -0.25) is 4.79 Å². The van der Waals surface area contributed by atoms with Crippen LogP contribution in [0.15, 0.2) is 54.6 Å². The summed E-state index contributed by atoms with van der Waals surface area (Å²) in [6.45, 7) is 1.23. The largest absolute Gasteiger partial charge is 0.497 e. The zero-order valence-corrected chi connectivity index (χ0v) is 12.9. The Balaban J connectivity index is 2.01. The lowest BCUT2D eigenvalue weighted by Gasteiger charge is -2.16. The maximum absolute atomic E-state index is 12.0. The molecule has 2 rings (SSSR count). The summed E-state index contributed by atoms with van der Waals surface area (Å²) in [4.78, 5) is 12.0. The minimum Gasteiger partial charge on any atom is -0.497 e. The van der Waals surface area contributed by atoms with Gasteiger partial charge in [0.15, 0.2) is 0 Å². The fourth-order valence-corrected chi connectivity index (χ4v) is 2.27. The molecule has 0 aliphatic rings. The van der Waals surface area contributed by atoms with Gasteiger partial charge in [-0.15, -0.1) is 0 Å². The van der Waals surface area contributed by atoms with Crippen molar-refractivity contribution in [1.29, 1.82) is 0 Å². The Morgan fingerprint density at radius 1 is 1.05 bits per heavy atom. The van der Waals surface area contributed by atoms with Gasteiger partial charge >= 0.3 is 5.97 Å². The molecule has 4 nitrogen and oxygen atoms in total. The van der Waals surface area contributed by atoms with Crippen molar-refractivity contribution >= 4 is 5.97 Å². The van der Waals surface area contributed by atoms with E-state index in [9.17, 15) is 4.79 Å². The van der Waals surface area contributed by atoms with Gasteiger partial charge in [0.05, 0.1) is 20.1 Å². The van der Waals surface area contributed by atoms with Crippen LogP contribution in [0.2, 0.25) is 0 Å². The first-order chi connectivity index (χ1) is 10.7. The highest BCUT2D eigenvalue weighted by Crippen LogP contribution is 2.20. The number of esters is 1. The maximum atomic E-state index is 12.0. The molecule has 22 heavy (non-hydrogen) atoms. The van der Waals surface area contributed by atoms with Crippen molar-refractivity contribution < 1.29 is 14.3 Å². The van der Waals surface area contributed by atoms with Crippen molar-refractivity contribution in [2.24, 2.45) is 0 Å². The summed E-state index contributed by atoms with van der Waals surface area (Å²) < 4.78 is 10.1. The minimum absolute atomic E-state index is 0.245. The highest BCUT2D eigenvalue weighted by Gasteiger charge is 2.21. The van der Waals surface area contributed by atoms with E-state index in [1.807, 2.05) is 54.6 Å². The number of hydrogen-bond acceptors (Lipinski definition) is 4. The van der Waals surface area contributed by atoms with Gasteiger partial charge in [-0.05, 0) is 23.3 Å². The van der Waals surface area contributed by atoms with Crippen LogP contribution in [0.4, 0.5) is 0 Å². The second-order valence-electron chi connectivity index (χ2n) is 4.97. The van der Waals surface area contributed by atoms with Crippen LogP contribution >= 0.6 is 0 Å². The zero-order chi connectivity index (χ0) is 15.8. The third kappa shape index (κ3) is 4.33. The normalized spacial score (nSPS) is 11.7. The van der Waals surface area contributed by atoms with Gasteiger partial charge < -0.3 is 14.8 Å². The number of benzene rings is 2. The van der Waals surface area contributed by atoms with Crippen LogP contribution in [0, 0.1) is 0 Å². The number of carbonyl (C=O) groups excluding carboxylic acids is 1. The van der Waals surface area contributed by atoms with E-state index in [4.69, 9.17) is 9.47 Å². The molecule has 2 aromatic carbocycles. The zero-order valence-electron chi connectivity index (χ0n) is 12.9. The monoisotopic (exact) mass is 299 g/mol. The van der Waals surface area contributed by atoms with Crippen LogP contribution in [0.5, 0.6) is 5.75 Å². The summed E-state index contributed by atoms with van der Waals surface area (Å²) in [6.07, 6.45) is 0. The molecule has 4 heteroatoms. The first-order valence-electron chi connectivity index (χ1n) is 7.21. The maximum Gasteiger partial charge on any atom is 0.314 e. The molecule has 116 valence electrons. The number of rotatable bonds is 7. The van der Waals surface area contributed by atoms with E-state index in [1.165, 1.54) is 12.7 Å². The molecule has 0 aromatic heterocycles. The Bertz CT molecular complexity index is 581. The van der Waals surface area contributed by atoms with Crippen LogP contribution < -0.4 is 10.1 Å². The summed E-state index contributed by atoms with van der Waals surface area (Å²) in [5.74, 6) is 0.190. The third-order valence-electron chi connectivity index (χ3n) is 3.52. The Morgan fingerprint density at radius 3 is 2.32 bits per heavy atom. The van der Waals surface area contributed by atoms with Crippen LogP contribution in [-0.2, 0) is 16.1 Å². The minimum atomic E-state index is -0.334.